The summed E-state index contributed by atoms with van der Waals surface area (Å²) in [5, 5.41) is 9.59. The lowest BCUT2D eigenvalue weighted by molar-refractivity contribution is 0.0495. The molecule has 1 saturated heterocycles. The van der Waals surface area contributed by atoms with E-state index in [9.17, 15) is 5.11 Å². The Hall–Kier alpha value is -2.08. The Kier molecular flexibility index (Phi) is 7.71. The van der Waals surface area contributed by atoms with Crippen molar-refractivity contribution in [2.45, 2.75) is 32.5 Å². The van der Waals surface area contributed by atoms with Crippen LogP contribution in [0.25, 0.3) is 0 Å². The van der Waals surface area contributed by atoms with Gasteiger partial charge in [-0.1, -0.05) is 30.3 Å². The van der Waals surface area contributed by atoms with E-state index in [1.165, 1.54) is 11.1 Å². The van der Waals surface area contributed by atoms with Gasteiger partial charge in [-0.05, 0) is 37.1 Å². The van der Waals surface area contributed by atoms with Crippen LogP contribution in [0.5, 0.6) is 11.5 Å². The molecule has 1 atom stereocenters. The number of rotatable bonds is 9. The average Bonchev–Trinajstić information content (AvgIpc) is 2.72. The summed E-state index contributed by atoms with van der Waals surface area (Å²) in [6.45, 7) is 7.61. The zero-order valence-corrected chi connectivity index (χ0v) is 17.0. The number of aliphatic hydroxyl groups is 1. The van der Waals surface area contributed by atoms with Gasteiger partial charge in [0.15, 0.2) is 0 Å². The third-order valence-electron chi connectivity index (χ3n) is 5.34. The van der Waals surface area contributed by atoms with Crippen LogP contribution in [0.1, 0.15) is 24.5 Å². The van der Waals surface area contributed by atoms with E-state index in [0.29, 0.717) is 12.6 Å². The minimum absolute atomic E-state index is 0.211. The second kappa shape index (κ2) is 10.5. The van der Waals surface area contributed by atoms with Gasteiger partial charge in [0.1, 0.15) is 11.5 Å². The molecule has 5 heteroatoms. The highest BCUT2D eigenvalue weighted by Crippen LogP contribution is 2.24. The lowest BCUT2D eigenvalue weighted by atomic mass is 10.1. The van der Waals surface area contributed by atoms with Crippen LogP contribution in [0.2, 0.25) is 0 Å². The molecule has 1 fully saturated rings. The summed E-state index contributed by atoms with van der Waals surface area (Å²) in [5.41, 5.74) is 2.48. The Balaban J connectivity index is 1.65. The molecular weight excluding hydrogens is 352 g/mol. The topological polar surface area (TPSA) is 45.2 Å². The molecule has 1 aliphatic rings. The molecule has 1 aliphatic heterocycles. The molecule has 1 N–H and O–H groups in total. The van der Waals surface area contributed by atoms with Crippen molar-refractivity contribution >= 4 is 0 Å². The monoisotopic (exact) mass is 384 g/mol. The second-order valence-electron chi connectivity index (χ2n) is 7.26. The summed E-state index contributed by atoms with van der Waals surface area (Å²) in [4.78, 5) is 4.95. The predicted octanol–water partition coefficient (Wildman–Crippen LogP) is 3.16. The molecule has 1 heterocycles. The van der Waals surface area contributed by atoms with E-state index in [-0.39, 0.29) is 6.61 Å². The van der Waals surface area contributed by atoms with Gasteiger partial charge >= 0.3 is 0 Å². The summed E-state index contributed by atoms with van der Waals surface area (Å²) >= 11 is 0. The van der Waals surface area contributed by atoms with Crippen molar-refractivity contribution in [3.05, 3.63) is 59.7 Å². The second-order valence-corrected chi connectivity index (χ2v) is 7.26. The van der Waals surface area contributed by atoms with Gasteiger partial charge in [-0.3, -0.25) is 9.80 Å². The highest BCUT2D eigenvalue weighted by atomic mass is 16.5. The molecule has 5 nitrogen and oxygen atoms in total. The van der Waals surface area contributed by atoms with Gasteiger partial charge in [0, 0.05) is 50.9 Å². The Morgan fingerprint density at radius 2 is 1.93 bits per heavy atom. The number of piperazine rings is 1. The maximum absolute atomic E-state index is 9.59. The Morgan fingerprint density at radius 1 is 1.07 bits per heavy atom. The smallest absolute Gasteiger partial charge is 0.123 e. The average molecular weight is 385 g/mol. The fourth-order valence-electron chi connectivity index (χ4n) is 3.91. The van der Waals surface area contributed by atoms with E-state index in [1.807, 2.05) is 31.2 Å². The molecular formula is C23H32N2O3. The molecule has 152 valence electrons. The summed E-state index contributed by atoms with van der Waals surface area (Å²) in [6.07, 6.45) is 0.785. The Bertz CT molecular complexity index is 737. The maximum Gasteiger partial charge on any atom is 0.123 e. The molecule has 0 aromatic heterocycles. The largest absolute Gasteiger partial charge is 0.497 e. The molecule has 0 unspecified atom stereocenters. The molecule has 0 saturated carbocycles. The first-order chi connectivity index (χ1) is 13.7. The zero-order chi connectivity index (χ0) is 19.8. The highest BCUT2D eigenvalue weighted by Gasteiger charge is 2.27. The molecule has 0 radical (unpaired) electrons. The number of nitrogens with zero attached hydrogens (tertiary/aromatic N) is 2. The van der Waals surface area contributed by atoms with Gasteiger partial charge in [0.2, 0.25) is 0 Å². The van der Waals surface area contributed by atoms with Crippen molar-refractivity contribution in [1.29, 1.82) is 0 Å². The van der Waals surface area contributed by atoms with Crippen molar-refractivity contribution in [3.8, 4) is 11.5 Å². The molecule has 0 amide bonds. The molecule has 28 heavy (non-hydrogen) atoms. The fourth-order valence-corrected chi connectivity index (χ4v) is 3.91. The van der Waals surface area contributed by atoms with Crippen LogP contribution in [0.4, 0.5) is 0 Å². The number of hydrogen-bond acceptors (Lipinski definition) is 5. The van der Waals surface area contributed by atoms with Crippen molar-refractivity contribution in [1.82, 2.24) is 9.80 Å². The maximum atomic E-state index is 9.59. The number of aliphatic hydroxyl groups excluding tert-OH is 1. The molecule has 2 aromatic carbocycles. The van der Waals surface area contributed by atoms with E-state index < -0.39 is 0 Å². The van der Waals surface area contributed by atoms with Crippen molar-refractivity contribution in [3.63, 3.8) is 0 Å². The predicted molar refractivity (Wildman–Crippen MR) is 112 cm³/mol. The van der Waals surface area contributed by atoms with Crippen LogP contribution in [-0.2, 0) is 13.1 Å². The fraction of sp³-hybridized carbons (Fsp3) is 0.478. The normalized spacial score (nSPS) is 18.2. The summed E-state index contributed by atoms with van der Waals surface area (Å²) in [6, 6.07) is 16.9. The Labute approximate surface area is 168 Å². The van der Waals surface area contributed by atoms with Gasteiger partial charge in [-0.25, -0.2) is 0 Å². The Morgan fingerprint density at radius 3 is 2.71 bits per heavy atom. The number of methoxy groups -OCH3 is 1. The number of benzene rings is 2. The van der Waals surface area contributed by atoms with E-state index in [2.05, 4.69) is 34.1 Å². The van der Waals surface area contributed by atoms with Crippen LogP contribution < -0.4 is 9.47 Å². The van der Waals surface area contributed by atoms with Crippen LogP contribution in [0, 0.1) is 0 Å². The van der Waals surface area contributed by atoms with Crippen LogP contribution in [0.3, 0.4) is 0 Å². The summed E-state index contributed by atoms with van der Waals surface area (Å²) < 4.78 is 11.1. The minimum atomic E-state index is 0.211. The quantitative estimate of drug-likeness (QED) is 0.720. The first-order valence-electron chi connectivity index (χ1n) is 10.1. The SMILES string of the molecule is CCOc1ccccc1CN1CCN(Cc2cccc(OC)c2)[C@@H](CCO)C1. The lowest BCUT2D eigenvalue weighted by Crippen LogP contribution is -2.52. The molecule has 3 rings (SSSR count). The van der Waals surface area contributed by atoms with E-state index in [0.717, 1.165) is 50.6 Å². The molecule has 0 spiro atoms. The lowest BCUT2D eigenvalue weighted by Gasteiger charge is -2.41. The number of ether oxygens (including phenoxy) is 2. The van der Waals surface area contributed by atoms with E-state index in [1.54, 1.807) is 7.11 Å². The van der Waals surface area contributed by atoms with Gasteiger partial charge < -0.3 is 14.6 Å². The number of hydrogen-bond donors (Lipinski definition) is 1. The minimum Gasteiger partial charge on any atom is -0.497 e. The van der Waals surface area contributed by atoms with Gasteiger partial charge in [0.25, 0.3) is 0 Å². The standard InChI is InChI=1S/C23H32N2O3/c1-3-28-23-10-5-4-8-20(23)17-24-12-13-25(21(18-24)11-14-26)16-19-7-6-9-22(15-19)27-2/h4-10,15,21,26H,3,11-14,16-18H2,1-2H3/t21-/m0/s1. The molecule has 0 aliphatic carbocycles. The van der Waals surface area contributed by atoms with Crippen LogP contribution in [0.15, 0.2) is 48.5 Å². The van der Waals surface area contributed by atoms with Gasteiger partial charge in [-0.15, -0.1) is 0 Å². The van der Waals surface area contributed by atoms with Crippen LogP contribution in [-0.4, -0.2) is 60.9 Å². The van der Waals surface area contributed by atoms with Crippen molar-refractivity contribution in [2.75, 3.05) is 40.0 Å². The zero-order valence-electron chi connectivity index (χ0n) is 17.0. The number of para-hydroxylation sites is 1. The first-order valence-corrected chi connectivity index (χ1v) is 10.1. The third kappa shape index (κ3) is 5.47. The molecule has 0 bridgehead atoms. The first kappa shape index (κ1) is 20.6. The van der Waals surface area contributed by atoms with E-state index >= 15 is 0 Å². The summed E-state index contributed by atoms with van der Waals surface area (Å²) in [7, 11) is 1.70. The molecule has 2 aromatic rings. The van der Waals surface area contributed by atoms with Crippen molar-refractivity contribution < 1.29 is 14.6 Å². The van der Waals surface area contributed by atoms with E-state index in [4.69, 9.17) is 9.47 Å². The summed E-state index contributed by atoms with van der Waals surface area (Å²) in [5.74, 6) is 1.87. The van der Waals surface area contributed by atoms with Crippen LogP contribution >= 0.6 is 0 Å². The van der Waals surface area contributed by atoms with Gasteiger partial charge in [-0.2, -0.15) is 0 Å². The highest BCUT2D eigenvalue weighted by molar-refractivity contribution is 5.33. The van der Waals surface area contributed by atoms with Crippen molar-refractivity contribution in [2.24, 2.45) is 0 Å². The van der Waals surface area contributed by atoms with Gasteiger partial charge in [0.05, 0.1) is 13.7 Å². The third-order valence-corrected chi connectivity index (χ3v) is 5.34.